The second-order valence-corrected chi connectivity index (χ2v) is 37.5. The summed E-state index contributed by atoms with van der Waals surface area (Å²) in [4.78, 5) is 162. The smallest absolute Gasteiger partial charge is 0.526 e. The van der Waals surface area contributed by atoms with E-state index in [0.29, 0.717) is 71.4 Å². The molecular weight excluding hydrogens is 2040 g/mol. The SMILES string of the molecule is CCCC(=O)C[C@H]1Cc2ccc(C)c(C(=O)O)c2OB1O.CCOC(=O)c1c(Cl)c(Cl)cc2c1OB(O)[C@@H](CC(C)=O)C2.CCOC(=O)c1c(Cl)ccc2c1OB(O)[C@@H](CC(C)=O)C2.CCOC(=O)c1c(F)c(F)cc2c1OB(O)[C@@H](CC(C)=O)C2.CCOC(=O)c1c(F)ccc2c1OB(O)[C@@H](CC(C)=O)C2.CCOC(=O)c1cc(Cl)cc2c1OB(O)[C@@H](CC(C)=O)C2.CCOC(=O)c1cc(F)cc2c1OB(O)[C@@H](CC(C)=O)C2. The predicted octanol–water partition coefficient (Wildman–Crippen LogP) is 15.2. The lowest BCUT2D eigenvalue weighted by molar-refractivity contribution is -0.119. The average molecular weight is 2160 g/mol. The molecule has 0 aromatic heterocycles. The van der Waals surface area contributed by atoms with Crippen molar-refractivity contribution in [1.82, 2.24) is 0 Å². The zero-order valence-electron chi connectivity index (χ0n) is 84.2. The van der Waals surface area contributed by atoms with Gasteiger partial charge in [-0.2, -0.15) is 0 Å². The first kappa shape index (κ1) is 122. The Hall–Kier alpha value is -11.8. The van der Waals surface area contributed by atoms with Crippen LogP contribution in [0.2, 0.25) is 60.8 Å². The maximum absolute atomic E-state index is 13.9. The van der Waals surface area contributed by atoms with Crippen LogP contribution in [-0.4, -0.2) is 212 Å². The minimum atomic E-state index is -1.38. The summed E-state index contributed by atoms with van der Waals surface area (Å²) >= 11 is 24.2. The molecule has 8 N–H and O–H groups in total. The van der Waals surface area contributed by atoms with Crippen molar-refractivity contribution >= 4 is 179 Å². The summed E-state index contributed by atoms with van der Waals surface area (Å²) in [5.74, 6) is -11.7. The molecule has 149 heavy (non-hydrogen) atoms. The van der Waals surface area contributed by atoms with Crippen LogP contribution in [0.15, 0.2) is 72.8 Å². The van der Waals surface area contributed by atoms with Crippen LogP contribution in [0.25, 0.3) is 0 Å². The van der Waals surface area contributed by atoms with Crippen molar-refractivity contribution in [3.63, 3.8) is 0 Å². The molecule has 0 unspecified atom stereocenters. The Bertz CT molecular complexity index is 5840. The maximum atomic E-state index is 13.9. The molecule has 0 spiro atoms. The number of carbonyl (C=O) groups is 14. The second-order valence-electron chi connectivity index (χ2n) is 35.9. The van der Waals surface area contributed by atoms with Gasteiger partial charge in [0.25, 0.3) is 0 Å². The third-order valence-corrected chi connectivity index (χ3v) is 25.2. The van der Waals surface area contributed by atoms with Crippen LogP contribution < -0.4 is 32.6 Å². The zero-order chi connectivity index (χ0) is 111. The predicted molar refractivity (Wildman–Crippen MR) is 541 cm³/mol. The summed E-state index contributed by atoms with van der Waals surface area (Å²) in [5, 5.41) is 80.1. The molecule has 7 aliphatic heterocycles. The van der Waals surface area contributed by atoms with Gasteiger partial charge in [-0.15, -0.1) is 0 Å². The van der Waals surface area contributed by atoms with E-state index < -0.39 is 144 Å². The van der Waals surface area contributed by atoms with Gasteiger partial charge in [-0.05, 0) is 234 Å². The van der Waals surface area contributed by atoms with Crippen molar-refractivity contribution < 1.29 is 186 Å². The molecular formula is C99H113B7Cl4F4O35. The fourth-order valence-electron chi connectivity index (χ4n) is 17.4. The van der Waals surface area contributed by atoms with Gasteiger partial charge in [-0.25, -0.2) is 51.1 Å². The van der Waals surface area contributed by atoms with E-state index >= 15 is 0 Å². The molecule has 0 aliphatic carbocycles. The molecule has 0 radical (unpaired) electrons. The molecule has 50 heteroatoms. The van der Waals surface area contributed by atoms with E-state index in [-0.39, 0.29) is 250 Å². The van der Waals surface area contributed by atoms with Crippen LogP contribution in [0.3, 0.4) is 0 Å². The first-order valence-electron chi connectivity index (χ1n) is 47.9. The lowest BCUT2D eigenvalue weighted by Crippen LogP contribution is -2.36. The van der Waals surface area contributed by atoms with Crippen molar-refractivity contribution in [2.75, 3.05) is 39.6 Å². The van der Waals surface area contributed by atoms with Gasteiger partial charge in [0.2, 0.25) is 0 Å². The van der Waals surface area contributed by atoms with Crippen LogP contribution in [0, 0.1) is 30.2 Å². The fourth-order valence-corrected chi connectivity index (χ4v) is 18.3. The molecule has 796 valence electrons. The number of Topliss-reactive ketones (excluding diaryl/α,β-unsaturated/α-hetero) is 7. The van der Waals surface area contributed by atoms with Crippen LogP contribution in [0.5, 0.6) is 40.2 Å². The number of halogens is 8. The van der Waals surface area contributed by atoms with Gasteiger partial charge >= 0.3 is 91.6 Å². The number of fused-ring (bicyclic) bond motifs is 7. The minimum Gasteiger partial charge on any atom is -0.535 e. The topological polar surface area (TPSA) is 521 Å². The van der Waals surface area contributed by atoms with Gasteiger partial charge in [0.1, 0.15) is 131 Å². The standard InChI is InChI=1S/C15H19BO5.C14H15BCl2O5.2C14H16BClO5.C14H15BF2O5.2C14H16BFO5/c1-3-4-12(17)8-11-7-10-6-5-9(2)13(15(18)19)14(10)21-16(11)20;1-3-21-14(19)11-12(17)10(16)6-8-5-9(4-7(2)18)15(20)22-13(8)11;1-3-20-14(18)12-7-11(16)6-9-5-10(4-8(2)17)15(19)21-13(9)12;1-3-20-14(18)12-11(16)5-4-9-7-10(6-8(2)17)15(19)21-13(9)12;1-3-21-14(19)11-12(17)10(16)6-8-5-9(4-7(2)18)15(20)22-13(8)11;1-3-20-14(18)12-7-11(16)6-9-5-10(4-8(2)17)15(19)21-13(9)12;1-3-20-14(18)12-11(16)5-4-9-7-10(6-8(2)17)15(19)21-13(9)12/h5-6,11,20H,3-4,7-8H2,1-2H3,(H,18,19);6,9,20H,3-5H2,1-2H3;6-7,10,19H,3-5H2,1-2H3;4-5,10,19H,3,6-7H2,1-2H3;6,9,20H,3-5H2,1-2H3;6-7,10,19H,3-5H2,1-2H3;4-5,10,19H,3,6-7H2,1-2H3/t11-;9-;2*10-;9-;2*10-/m1000000/s1. The number of carboxylic acids is 1. The van der Waals surface area contributed by atoms with Gasteiger partial charge in [-0.3, -0.25) is 4.79 Å². The van der Waals surface area contributed by atoms with Crippen LogP contribution in [-0.2, 0) is 107 Å². The second kappa shape index (κ2) is 56.9. The third kappa shape index (κ3) is 33.1. The molecule has 14 rings (SSSR count). The van der Waals surface area contributed by atoms with E-state index in [1.165, 1.54) is 66.7 Å². The van der Waals surface area contributed by atoms with Crippen LogP contribution in [0.1, 0.15) is 265 Å². The van der Waals surface area contributed by atoms with Crippen molar-refractivity contribution in [1.29, 1.82) is 0 Å². The Balaban J connectivity index is 0.000000212. The molecule has 7 atom stereocenters. The van der Waals surface area contributed by atoms with Crippen molar-refractivity contribution in [2.24, 2.45) is 0 Å². The Morgan fingerprint density at radius 2 is 0.617 bits per heavy atom. The van der Waals surface area contributed by atoms with E-state index in [9.17, 15) is 125 Å². The molecule has 7 aliphatic rings. The monoisotopic (exact) mass is 2150 g/mol. The van der Waals surface area contributed by atoms with Crippen LogP contribution >= 0.6 is 46.4 Å². The summed E-state index contributed by atoms with van der Waals surface area (Å²) in [6.07, 6.45) is 4.83. The highest BCUT2D eigenvalue weighted by molar-refractivity contribution is 6.51. The summed E-state index contributed by atoms with van der Waals surface area (Å²) in [6.45, 7) is 22.9. The van der Waals surface area contributed by atoms with Crippen molar-refractivity contribution in [2.45, 2.75) is 240 Å². The fraction of sp³-hybridized carbons (Fsp3) is 0.434. The van der Waals surface area contributed by atoms with Crippen LogP contribution in [0.4, 0.5) is 17.6 Å². The largest absolute Gasteiger partial charge is 0.535 e. The van der Waals surface area contributed by atoms with E-state index in [4.69, 9.17) is 107 Å². The lowest BCUT2D eigenvalue weighted by Gasteiger charge is -2.28. The number of ketones is 7. The molecule has 0 saturated heterocycles. The normalized spacial score (nSPS) is 16.9. The highest BCUT2D eigenvalue weighted by atomic mass is 35.5. The van der Waals surface area contributed by atoms with Gasteiger partial charge in [0, 0.05) is 97.1 Å². The third-order valence-electron chi connectivity index (χ3n) is 23.9. The minimum absolute atomic E-state index is 0.000696. The number of carboxylic acid groups (broad SMARTS) is 1. The molecule has 7 heterocycles. The van der Waals surface area contributed by atoms with Gasteiger partial charge < -0.3 is 130 Å². The Morgan fingerprint density at radius 3 is 1.00 bits per heavy atom. The van der Waals surface area contributed by atoms with E-state index in [1.54, 1.807) is 77.9 Å². The summed E-state index contributed by atoms with van der Waals surface area (Å²) in [7, 11) is -8.45. The Labute approximate surface area is 879 Å². The first-order chi connectivity index (χ1) is 70.3. The number of benzene rings is 7. The molecule has 0 fully saturated rings. The molecule has 7 aromatic carbocycles. The number of ether oxygens (including phenoxy) is 6. The maximum Gasteiger partial charge on any atom is 0.526 e. The van der Waals surface area contributed by atoms with Gasteiger partial charge in [0.15, 0.2) is 11.6 Å². The molecule has 0 amide bonds. The highest BCUT2D eigenvalue weighted by Gasteiger charge is 2.47. The molecule has 0 saturated carbocycles. The number of hydrogen-bond donors (Lipinski definition) is 8. The Kier molecular flexibility index (Phi) is 46.7. The number of aryl methyl sites for hydroxylation is 1. The van der Waals surface area contributed by atoms with Gasteiger partial charge in [-0.1, -0.05) is 77.6 Å². The molecule has 7 aromatic rings. The van der Waals surface area contributed by atoms with Gasteiger partial charge in [0.05, 0.1) is 54.7 Å². The first-order valence-corrected chi connectivity index (χ1v) is 49.4. The Morgan fingerprint density at radius 1 is 0.322 bits per heavy atom. The summed E-state index contributed by atoms with van der Waals surface area (Å²) in [5.41, 5.74) is 4.01. The number of esters is 6. The number of aromatic carboxylic acids is 1. The molecule has 35 nitrogen and oxygen atoms in total. The summed E-state index contributed by atoms with van der Waals surface area (Å²) in [6, 6.07) is 17.4. The average Bonchev–Trinajstić information content (AvgIpc) is 0.738. The number of carbonyl (C=O) groups excluding carboxylic acids is 13. The quantitative estimate of drug-likeness (QED) is 0.00934. The van der Waals surface area contributed by atoms with E-state index in [1.807, 2.05) is 6.92 Å². The zero-order valence-corrected chi connectivity index (χ0v) is 87.2. The molecule has 0 bridgehead atoms. The van der Waals surface area contributed by atoms with Crippen molar-refractivity contribution in [3.8, 4) is 40.2 Å². The number of hydrogen-bond acceptors (Lipinski definition) is 34. The number of rotatable bonds is 29. The van der Waals surface area contributed by atoms with E-state index in [0.717, 1.165) is 35.7 Å². The summed E-state index contributed by atoms with van der Waals surface area (Å²) < 4.78 is 122. The van der Waals surface area contributed by atoms with Crippen molar-refractivity contribution in [3.05, 3.63) is 200 Å². The lowest BCUT2D eigenvalue weighted by atomic mass is 9.64. The highest BCUT2D eigenvalue weighted by Crippen LogP contribution is 2.48. The van der Waals surface area contributed by atoms with E-state index in [2.05, 4.69) is 0 Å².